The fraction of sp³-hybridized carbons (Fsp3) is 0.391. The SMILES string of the molecule is C=O.NN1CCCC(C(=O)NCCc2cccc(C(F)(F)F)c2)(c2ccccc2)CC1. The van der Waals surface area contributed by atoms with Gasteiger partial charge in [-0.2, -0.15) is 13.2 Å². The molecule has 1 saturated heterocycles. The van der Waals surface area contributed by atoms with Gasteiger partial charge in [0, 0.05) is 19.6 Å². The Bertz CT molecular complexity index is 845. The molecule has 1 atom stereocenters. The van der Waals surface area contributed by atoms with Gasteiger partial charge in [0.25, 0.3) is 0 Å². The zero-order chi connectivity index (χ0) is 22.9. The van der Waals surface area contributed by atoms with Crippen LogP contribution in [0.25, 0.3) is 0 Å². The summed E-state index contributed by atoms with van der Waals surface area (Å²) < 4.78 is 38.7. The molecule has 0 bridgehead atoms. The second-order valence-corrected chi connectivity index (χ2v) is 7.54. The molecule has 5 nitrogen and oxygen atoms in total. The molecule has 0 aliphatic carbocycles. The van der Waals surface area contributed by atoms with E-state index in [0.717, 1.165) is 30.7 Å². The lowest BCUT2D eigenvalue weighted by atomic mass is 9.73. The molecule has 0 aromatic heterocycles. The summed E-state index contributed by atoms with van der Waals surface area (Å²) in [7, 11) is 0. The number of rotatable bonds is 5. The molecule has 31 heavy (non-hydrogen) atoms. The summed E-state index contributed by atoms with van der Waals surface area (Å²) in [5, 5.41) is 4.70. The molecule has 0 spiro atoms. The molecule has 1 unspecified atom stereocenters. The topological polar surface area (TPSA) is 75.4 Å². The number of nitrogens with one attached hydrogen (secondary N) is 1. The van der Waals surface area contributed by atoms with Crippen molar-refractivity contribution in [3.05, 3.63) is 71.3 Å². The number of halogens is 3. The monoisotopic (exact) mass is 435 g/mol. The summed E-state index contributed by atoms with van der Waals surface area (Å²) in [4.78, 5) is 21.2. The summed E-state index contributed by atoms with van der Waals surface area (Å²) in [6.45, 7) is 3.61. The molecule has 1 aliphatic rings. The van der Waals surface area contributed by atoms with E-state index in [2.05, 4.69) is 5.32 Å². The Morgan fingerprint density at radius 1 is 1.06 bits per heavy atom. The first-order chi connectivity index (χ1) is 14.8. The van der Waals surface area contributed by atoms with Gasteiger partial charge < -0.3 is 10.1 Å². The maximum Gasteiger partial charge on any atom is 0.416 e. The predicted molar refractivity (Wildman–Crippen MR) is 113 cm³/mol. The summed E-state index contributed by atoms with van der Waals surface area (Å²) in [6.07, 6.45) is -1.95. The number of alkyl halides is 3. The number of nitrogens with zero attached hydrogens (tertiary/aromatic N) is 1. The van der Waals surface area contributed by atoms with Crippen molar-refractivity contribution in [1.82, 2.24) is 10.3 Å². The molecular formula is C23H28F3N3O2. The molecule has 0 saturated carbocycles. The van der Waals surface area contributed by atoms with E-state index in [-0.39, 0.29) is 12.5 Å². The first-order valence-corrected chi connectivity index (χ1v) is 10.1. The van der Waals surface area contributed by atoms with Crippen molar-refractivity contribution in [3.8, 4) is 0 Å². The predicted octanol–water partition coefficient (Wildman–Crippen LogP) is 3.48. The maximum absolute atomic E-state index is 13.2. The first kappa shape index (κ1) is 24.6. The van der Waals surface area contributed by atoms with Crippen LogP contribution in [0, 0.1) is 0 Å². The van der Waals surface area contributed by atoms with E-state index >= 15 is 0 Å². The molecule has 168 valence electrons. The van der Waals surface area contributed by atoms with E-state index in [1.54, 1.807) is 11.1 Å². The molecule has 1 aliphatic heterocycles. The average Bonchev–Trinajstić information content (AvgIpc) is 2.98. The van der Waals surface area contributed by atoms with Crippen molar-refractivity contribution in [2.24, 2.45) is 5.84 Å². The zero-order valence-corrected chi connectivity index (χ0v) is 17.3. The highest BCUT2D eigenvalue weighted by atomic mass is 19.4. The maximum atomic E-state index is 13.2. The van der Waals surface area contributed by atoms with Crippen LogP contribution < -0.4 is 11.2 Å². The van der Waals surface area contributed by atoms with E-state index < -0.39 is 17.2 Å². The van der Waals surface area contributed by atoms with Crippen molar-refractivity contribution in [2.45, 2.75) is 37.3 Å². The van der Waals surface area contributed by atoms with Gasteiger partial charge in [-0.05, 0) is 42.9 Å². The molecule has 3 rings (SSSR count). The smallest absolute Gasteiger partial charge is 0.355 e. The van der Waals surface area contributed by atoms with E-state index in [1.165, 1.54) is 6.07 Å². The molecule has 2 aromatic rings. The summed E-state index contributed by atoms with van der Waals surface area (Å²) in [5.74, 6) is 5.88. The van der Waals surface area contributed by atoms with Gasteiger partial charge >= 0.3 is 6.18 Å². The summed E-state index contributed by atoms with van der Waals surface area (Å²) in [6, 6.07) is 14.9. The molecule has 8 heteroatoms. The molecule has 1 heterocycles. The average molecular weight is 435 g/mol. The minimum atomic E-state index is -4.37. The third kappa shape index (κ3) is 6.38. The van der Waals surface area contributed by atoms with Gasteiger partial charge in [-0.1, -0.05) is 48.5 Å². The van der Waals surface area contributed by atoms with Crippen molar-refractivity contribution in [2.75, 3.05) is 19.6 Å². The van der Waals surface area contributed by atoms with Crippen LogP contribution in [-0.4, -0.2) is 37.3 Å². The molecule has 0 radical (unpaired) electrons. The summed E-state index contributed by atoms with van der Waals surface area (Å²) >= 11 is 0. The lowest BCUT2D eigenvalue weighted by molar-refractivity contribution is -0.137. The zero-order valence-electron chi connectivity index (χ0n) is 17.3. The number of carbonyl (C=O) groups is 2. The second kappa shape index (κ2) is 11.1. The van der Waals surface area contributed by atoms with Crippen molar-refractivity contribution in [3.63, 3.8) is 0 Å². The fourth-order valence-corrected chi connectivity index (χ4v) is 3.95. The van der Waals surface area contributed by atoms with Gasteiger partial charge in [0.15, 0.2) is 0 Å². The van der Waals surface area contributed by atoms with Gasteiger partial charge in [0.1, 0.15) is 6.79 Å². The normalized spacial score (nSPS) is 19.6. The summed E-state index contributed by atoms with van der Waals surface area (Å²) in [5.41, 5.74) is 0.145. The van der Waals surface area contributed by atoms with Crippen LogP contribution in [0.2, 0.25) is 0 Å². The quantitative estimate of drug-likeness (QED) is 0.706. The Balaban J connectivity index is 0.00000166. The Labute approximate surface area is 180 Å². The highest BCUT2D eigenvalue weighted by Gasteiger charge is 2.40. The van der Waals surface area contributed by atoms with Crippen molar-refractivity contribution < 1.29 is 22.8 Å². The first-order valence-electron chi connectivity index (χ1n) is 10.1. The van der Waals surface area contributed by atoms with Gasteiger partial charge in [0.2, 0.25) is 5.91 Å². The van der Waals surface area contributed by atoms with Crippen molar-refractivity contribution in [1.29, 1.82) is 0 Å². The molecular weight excluding hydrogens is 407 g/mol. The third-order valence-corrected chi connectivity index (χ3v) is 5.59. The minimum absolute atomic E-state index is 0.0917. The van der Waals surface area contributed by atoms with Crippen LogP contribution in [0.15, 0.2) is 54.6 Å². The molecule has 1 fully saturated rings. The van der Waals surface area contributed by atoms with Gasteiger partial charge in [0.05, 0.1) is 11.0 Å². The Morgan fingerprint density at radius 3 is 2.45 bits per heavy atom. The highest BCUT2D eigenvalue weighted by Crippen LogP contribution is 2.35. The number of amides is 1. The van der Waals surface area contributed by atoms with Crippen LogP contribution in [0.1, 0.15) is 36.0 Å². The highest BCUT2D eigenvalue weighted by molar-refractivity contribution is 5.88. The van der Waals surface area contributed by atoms with Crippen LogP contribution in [0.5, 0.6) is 0 Å². The van der Waals surface area contributed by atoms with E-state index in [4.69, 9.17) is 10.6 Å². The number of hydrazine groups is 1. The molecule has 2 aromatic carbocycles. The number of hydrogen-bond acceptors (Lipinski definition) is 4. The van der Waals surface area contributed by atoms with E-state index in [9.17, 15) is 18.0 Å². The Hall–Kier alpha value is -2.71. The Morgan fingerprint density at radius 2 is 1.77 bits per heavy atom. The largest absolute Gasteiger partial charge is 0.416 e. The number of hydrogen-bond donors (Lipinski definition) is 2. The lowest BCUT2D eigenvalue weighted by Crippen LogP contribution is -2.46. The van der Waals surface area contributed by atoms with Crippen molar-refractivity contribution >= 4 is 12.7 Å². The van der Waals surface area contributed by atoms with E-state index in [1.807, 2.05) is 37.1 Å². The van der Waals surface area contributed by atoms with Crippen LogP contribution in [-0.2, 0) is 27.6 Å². The van der Waals surface area contributed by atoms with Crippen LogP contribution in [0.4, 0.5) is 13.2 Å². The lowest BCUT2D eigenvalue weighted by Gasteiger charge is -2.32. The number of carbonyl (C=O) groups excluding carboxylic acids is 2. The van der Waals surface area contributed by atoms with Crippen LogP contribution in [0.3, 0.4) is 0 Å². The van der Waals surface area contributed by atoms with Crippen LogP contribution >= 0.6 is 0 Å². The number of benzene rings is 2. The molecule has 1 amide bonds. The van der Waals surface area contributed by atoms with Gasteiger partial charge in [-0.3, -0.25) is 10.6 Å². The minimum Gasteiger partial charge on any atom is -0.355 e. The standard InChI is InChI=1S/C22H26F3N3O.CH2O/c23-22(24,25)19-9-4-6-17(16-19)10-13-27-20(29)21(18-7-2-1-3-8-18)11-5-14-28(26)15-12-21;1-2/h1-4,6-9,16H,5,10-15,26H2,(H,27,29);1H2. The fourth-order valence-electron chi connectivity index (χ4n) is 3.95. The van der Waals surface area contributed by atoms with Gasteiger partial charge in [-0.15, -0.1) is 0 Å². The molecule has 3 N–H and O–H groups in total. The Kier molecular flexibility index (Phi) is 8.76. The second-order valence-electron chi connectivity index (χ2n) is 7.54. The third-order valence-electron chi connectivity index (χ3n) is 5.59. The van der Waals surface area contributed by atoms with Gasteiger partial charge in [-0.25, -0.2) is 5.01 Å². The van der Waals surface area contributed by atoms with E-state index in [0.29, 0.717) is 31.4 Å². The number of nitrogens with two attached hydrogens (primary N) is 1.